The Morgan fingerprint density at radius 1 is 1.22 bits per heavy atom. The first-order valence-corrected chi connectivity index (χ1v) is 12.0. The Morgan fingerprint density at radius 2 is 1.84 bits per heavy atom. The van der Waals surface area contributed by atoms with E-state index in [-0.39, 0.29) is 28.8 Å². The average molecular weight is 545 g/mol. The number of hydroxylamine groups is 2. The van der Waals surface area contributed by atoms with Crippen LogP contribution in [0.5, 0.6) is 0 Å². The Hall–Kier alpha value is -2.73. The van der Waals surface area contributed by atoms with E-state index >= 15 is 0 Å². The Labute approximate surface area is 216 Å². The molecule has 2 aromatic rings. The lowest BCUT2D eigenvalue weighted by Crippen LogP contribution is -2.52. The fourth-order valence-electron chi connectivity index (χ4n) is 4.87. The van der Waals surface area contributed by atoms with Crippen LogP contribution >= 0.6 is 11.6 Å². The molecule has 0 bridgehead atoms. The summed E-state index contributed by atoms with van der Waals surface area (Å²) in [6.45, 7) is 3.49. The number of hydrogen-bond donors (Lipinski definition) is 1. The molecule has 2 aliphatic rings. The Balaban J connectivity index is 1.66. The number of alkyl halides is 3. The molecule has 37 heavy (non-hydrogen) atoms. The van der Waals surface area contributed by atoms with E-state index in [0.29, 0.717) is 5.56 Å². The predicted octanol–water partition coefficient (Wildman–Crippen LogP) is 5.72. The number of likely N-dealkylation sites (tertiary alicyclic amines) is 1. The highest BCUT2D eigenvalue weighted by molar-refractivity contribution is 6.31. The molecule has 0 aromatic heterocycles. The maximum Gasteiger partial charge on any atom is 0.497 e. The number of ether oxygens (including phenoxy) is 1. The van der Waals surface area contributed by atoms with Crippen LogP contribution in [0.4, 0.5) is 33.7 Å². The predicted molar refractivity (Wildman–Crippen MR) is 130 cm³/mol. The highest BCUT2D eigenvalue weighted by Gasteiger charge is 2.56. The van der Waals surface area contributed by atoms with Crippen LogP contribution in [0.3, 0.4) is 0 Å². The summed E-state index contributed by atoms with van der Waals surface area (Å²) in [6.07, 6.45) is -4.56. The maximum absolute atomic E-state index is 13.6. The molecule has 2 amide bonds. The fraction of sp³-hybridized carbons (Fsp3) is 0.440. The van der Waals surface area contributed by atoms with Crippen molar-refractivity contribution in [1.29, 1.82) is 0 Å². The summed E-state index contributed by atoms with van der Waals surface area (Å²) in [5, 5.41) is 2.65. The molecule has 0 saturated carbocycles. The quantitative estimate of drug-likeness (QED) is 0.372. The van der Waals surface area contributed by atoms with E-state index in [1.165, 1.54) is 24.3 Å². The summed E-state index contributed by atoms with van der Waals surface area (Å²) in [5.74, 6) is -2.85. The van der Waals surface area contributed by atoms with E-state index in [4.69, 9.17) is 16.3 Å². The monoisotopic (exact) mass is 544 g/mol. The summed E-state index contributed by atoms with van der Waals surface area (Å²) >= 11 is 6.25. The second kappa shape index (κ2) is 9.86. The van der Waals surface area contributed by atoms with Gasteiger partial charge in [-0.2, -0.15) is 13.2 Å². The molecule has 2 unspecified atom stereocenters. The first-order valence-electron chi connectivity index (χ1n) is 11.6. The zero-order valence-electron chi connectivity index (χ0n) is 20.5. The van der Waals surface area contributed by atoms with Crippen molar-refractivity contribution in [3.63, 3.8) is 0 Å². The van der Waals surface area contributed by atoms with E-state index in [0.717, 1.165) is 38.5 Å². The lowest BCUT2D eigenvalue weighted by Gasteiger charge is -2.41. The molecule has 2 aromatic carbocycles. The van der Waals surface area contributed by atoms with Crippen LogP contribution < -0.4 is 9.96 Å². The summed E-state index contributed by atoms with van der Waals surface area (Å²) in [6, 6.07) is 8.13. The zero-order chi connectivity index (χ0) is 27.2. The number of quaternary nitrogens is 1. The number of carbonyl (C=O) groups excluding carboxylic acids is 2. The summed E-state index contributed by atoms with van der Waals surface area (Å²) in [5.41, 5.74) is 0.903. The first-order chi connectivity index (χ1) is 17.2. The molecule has 7 nitrogen and oxygen atoms in total. The number of halogens is 5. The smallest absolute Gasteiger partial charge is 0.373 e. The fourth-order valence-corrected chi connectivity index (χ4v) is 5.10. The molecule has 2 atom stereocenters. The van der Waals surface area contributed by atoms with Crippen LogP contribution in [-0.2, 0) is 19.8 Å². The van der Waals surface area contributed by atoms with Gasteiger partial charge in [0.05, 0.1) is 12.7 Å². The van der Waals surface area contributed by atoms with Crippen molar-refractivity contribution >= 4 is 35.0 Å². The first kappa shape index (κ1) is 27.3. The maximum atomic E-state index is 13.6. The van der Waals surface area contributed by atoms with Crippen molar-refractivity contribution in [1.82, 2.24) is 9.55 Å². The van der Waals surface area contributed by atoms with Crippen molar-refractivity contribution in [3.05, 3.63) is 58.4 Å². The van der Waals surface area contributed by atoms with Crippen LogP contribution in [0.1, 0.15) is 37.0 Å². The summed E-state index contributed by atoms with van der Waals surface area (Å²) < 4.78 is 57.5. The largest absolute Gasteiger partial charge is 0.497 e. The van der Waals surface area contributed by atoms with Gasteiger partial charge in [-0.1, -0.05) is 23.7 Å². The highest BCUT2D eigenvalue weighted by atomic mass is 35.5. The van der Waals surface area contributed by atoms with Gasteiger partial charge in [0, 0.05) is 16.0 Å². The SMILES string of the molecule is CC(OCC1(c2ccc(F)cc2)CCN(C)CC1)c1cc(Cl)cc2c1[N+](C)(OC(=O)C(F)(F)F)C(=O)N2. The highest BCUT2D eigenvalue weighted by Crippen LogP contribution is 2.47. The third-order valence-corrected chi connectivity index (χ3v) is 7.32. The molecule has 1 saturated heterocycles. The number of piperidine rings is 1. The Bertz CT molecular complexity index is 1200. The summed E-state index contributed by atoms with van der Waals surface area (Å²) in [4.78, 5) is 31.2. The van der Waals surface area contributed by atoms with E-state index in [1.807, 2.05) is 7.05 Å². The minimum Gasteiger partial charge on any atom is -0.373 e. The van der Waals surface area contributed by atoms with Crippen molar-refractivity contribution in [2.24, 2.45) is 0 Å². The van der Waals surface area contributed by atoms with Crippen LogP contribution in [0.15, 0.2) is 36.4 Å². The Morgan fingerprint density at radius 3 is 2.43 bits per heavy atom. The number of nitrogens with one attached hydrogen (secondary N) is 1. The van der Waals surface area contributed by atoms with Gasteiger partial charge < -0.3 is 9.64 Å². The number of anilines is 1. The van der Waals surface area contributed by atoms with Crippen molar-refractivity contribution in [3.8, 4) is 0 Å². The van der Waals surface area contributed by atoms with Crippen LogP contribution in [0.2, 0.25) is 5.02 Å². The molecule has 12 heteroatoms. The van der Waals surface area contributed by atoms with E-state index in [2.05, 4.69) is 15.1 Å². The number of urea groups is 1. The molecule has 1 fully saturated rings. The van der Waals surface area contributed by atoms with Crippen LogP contribution in [0.25, 0.3) is 0 Å². The molecule has 200 valence electrons. The molecular formula is C25H27ClF4N3O4+. The number of rotatable bonds is 6. The molecule has 4 rings (SSSR count). The molecule has 2 heterocycles. The van der Waals surface area contributed by atoms with Gasteiger partial charge in [-0.15, -0.1) is 0 Å². The molecule has 0 radical (unpaired) electrons. The normalized spacial score (nSPS) is 22.3. The lowest BCUT2D eigenvalue weighted by atomic mass is 9.73. The van der Waals surface area contributed by atoms with Crippen molar-refractivity contribution in [2.75, 3.05) is 39.1 Å². The van der Waals surface area contributed by atoms with Gasteiger partial charge in [0.15, 0.2) is 0 Å². The molecule has 1 N–H and O–H groups in total. The van der Waals surface area contributed by atoms with E-state index in [9.17, 15) is 27.2 Å². The minimum atomic E-state index is -5.30. The Kier molecular flexibility index (Phi) is 7.28. The number of nitrogens with zero attached hydrogens (tertiary/aromatic N) is 2. The molecule has 0 spiro atoms. The number of carbonyl (C=O) groups is 2. The summed E-state index contributed by atoms with van der Waals surface area (Å²) in [7, 11) is 3.06. The van der Waals surface area contributed by atoms with Gasteiger partial charge in [-0.25, -0.2) is 14.0 Å². The standard InChI is InChI=1S/C25H26ClF4N3O4/c1-15(36-14-24(8-10-32(2)11-9-24)16-4-6-18(27)7-5-16)19-12-17(26)13-20-21(19)33(3,23(35)31-20)37-22(34)25(28,29)30/h4-7,12-13,15H,8-11,14H2,1-3H3/p+1. The minimum absolute atomic E-state index is 0.00119. The second-order valence-electron chi connectivity index (χ2n) is 9.67. The number of amides is 2. The van der Waals surface area contributed by atoms with Gasteiger partial charge >= 0.3 is 18.2 Å². The number of hydrogen-bond acceptors (Lipinski definition) is 5. The third-order valence-electron chi connectivity index (χ3n) is 7.11. The van der Waals surface area contributed by atoms with Gasteiger partial charge in [-0.05, 0) is 74.4 Å². The van der Waals surface area contributed by atoms with E-state index in [1.54, 1.807) is 19.1 Å². The zero-order valence-corrected chi connectivity index (χ0v) is 21.3. The number of fused-ring (bicyclic) bond motifs is 1. The van der Waals surface area contributed by atoms with Gasteiger partial charge in [0.25, 0.3) is 0 Å². The van der Waals surface area contributed by atoms with Gasteiger partial charge in [0.2, 0.25) is 5.69 Å². The topological polar surface area (TPSA) is 67.9 Å². The molecule has 0 aliphatic carbocycles. The molecular weight excluding hydrogens is 518 g/mol. The third kappa shape index (κ3) is 5.31. The van der Waals surface area contributed by atoms with Crippen LogP contribution in [0, 0.1) is 5.82 Å². The van der Waals surface area contributed by atoms with Crippen molar-refractivity contribution in [2.45, 2.75) is 37.5 Å². The lowest BCUT2D eigenvalue weighted by molar-refractivity contribution is -0.221. The van der Waals surface area contributed by atoms with Gasteiger partial charge in [0.1, 0.15) is 18.6 Å². The van der Waals surface area contributed by atoms with E-state index < -0.39 is 34.3 Å². The number of benzene rings is 2. The average Bonchev–Trinajstić information content (AvgIpc) is 3.07. The van der Waals surface area contributed by atoms with Gasteiger partial charge in [-0.3, -0.25) is 10.2 Å². The van der Waals surface area contributed by atoms with Crippen molar-refractivity contribution < 1.29 is 36.7 Å². The van der Waals surface area contributed by atoms with Crippen LogP contribution in [-0.4, -0.2) is 56.9 Å². The second-order valence-corrected chi connectivity index (χ2v) is 10.1. The molecule has 2 aliphatic heterocycles.